The molecule has 1 heterocycles. The summed E-state index contributed by atoms with van der Waals surface area (Å²) in [5.74, 6) is -3.12. The first-order chi connectivity index (χ1) is 18.8. The molecule has 1 atom stereocenters. The Morgan fingerprint density at radius 2 is 1.38 bits per heavy atom. The SMILES string of the molecule is CCOC(=O)C1=Cc2cc(C)cc(C(=O)OCC)c2OC1C(F)(F)F.CCOC(=O)c1cc(C)cc(C=O)c1O. The molecule has 0 fully saturated rings. The second kappa shape index (κ2) is 13.6. The second-order valence-corrected chi connectivity index (χ2v) is 8.40. The summed E-state index contributed by atoms with van der Waals surface area (Å²) in [7, 11) is 0. The van der Waals surface area contributed by atoms with Crippen molar-refractivity contribution < 1.29 is 56.4 Å². The average molecular weight is 567 g/mol. The van der Waals surface area contributed by atoms with Crippen LogP contribution in [0.5, 0.6) is 11.5 Å². The maximum atomic E-state index is 13.4. The smallest absolute Gasteiger partial charge is 0.430 e. The molecule has 0 bridgehead atoms. The van der Waals surface area contributed by atoms with Crippen LogP contribution in [0.15, 0.2) is 29.8 Å². The average Bonchev–Trinajstić information content (AvgIpc) is 2.88. The van der Waals surface area contributed by atoms with Crippen LogP contribution >= 0.6 is 0 Å². The lowest BCUT2D eigenvalue weighted by Crippen LogP contribution is -2.41. The number of rotatable bonds is 7. The van der Waals surface area contributed by atoms with Crippen molar-refractivity contribution in [2.75, 3.05) is 19.8 Å². The number of fused-ring (bicyclic) bond motifs is 1. The molecule has 0 aliphatic carbocycles. The largest absolute Gasteiger partial charge is 0.506 e. The molecule has 3 rings (SSSR count). The highest BCUT2D eigenvalue weighted by Gasteiger charge is 2.49. The second-order valence-electron chi connectivity index (χ2n) is 8.40. The topological polar surface area (TPSA) is 125 Å². The number of phenols is 1. The number of aryl methyl sites for hydroxylation is 2. The Bertz CT molecular complexity index is 1310. The van der Waals surface area contributed by atoms with Gasteiger partial charge in [0.05, 0.1) is 31.0 Å². The number of aldehydes is 1. The summed E-state index contributed by atoms with van der Waals surface area (Å²) >= 11 is 0. The lowest BCUT2D eigenvalue weighted by molar-refractivity contribution is -0.188. The molecule has 0 saturated heterocycles. The fraction of sp³-hybridized carbons (Fsp3) is 0.357. The van der Waals surface area contributed by atoms with Crippen LogP contribution in [0.2, 0.25) is 0 Å². The standard InChI is InChI=1S/C17H17F3O5.C11H12O4/c1-4-23-15(21)11-7-9(3)6-10-8-12(16(22)24-5-2)14(17(18,19)20)25-13(10)11;1-3-15-11(14)9-5-7(2)4-8(6-12)10(9)13/h6-8,14H,4-5H2,1-3H3;4-6,13H,3H2,1-2H3. The van der Waals surface area contributed by atoms with Gasteiger partial charge in [-0.2, -0.15) is 13.2 Å². The molecule has 1 unspecified atom stereocenters. The molecule has 0 aromatic heterocycles. The number of hydrogen-bond donors (Lipinski definition) is 1. The highest BCUT2D eigenvalue weighted by atomic mass is 19.4. The van der Waals surface area contributed by atoms with Crippen LogP contribution in [0.25, 0.3) is 6.08 Å². The molecule has 1 aliphatic heterocycles. The van der Waals surface area contributed by atoms with E-state index in [9.17, 15) is 37.5 Å². The summed E-state index contributed by atoms with van der Waals surface area (Å²) in [6.45, 7) is 8.35. The summed E-state index contributed by atoms with van der Waals surface area (Å²) in [5, 5.41) is 9.58. The molecular formula is C28H29F3O9. The van der Waals surface area contributed by atoms with Gasteiger partial charge in [-0.1, -0.05) is 0 Å². The van der Waals surface area contributed by atoms with E-state index < -0.39 is 35.8 Å². The molecule has 216 valence electrons. The number of phenolic OH excluding ortho intramolecular Hbond substituents is 1. The van der Waals surface area contributed by atoms with Gasteiger partial charge in [-0.3, -0.25) is 4.79 Å². The van der Waals surface area contributed by atoms with Crippen molar-refractivity contribution in [3.05, 3.63) is 63.2 Å². The minimum atomic E-state index is -4.85. The van der Waals surface area contributed by atoms with Gasteiger partial charge in [-0.25, -0.2) is 14.4 Å². The predicted molar refractivity (Wildman–Crippen MR) is 136 cm³/mol. The number of esters is 3. The van der Waals surface area contributed by atoms with Crippen molar-refractivity contribution in [2.24, 2.45) is 0 Å². The van der Waals surface area contributed by atoms with E-state index in [1.54, 1.807) is 27.7 Å². The highest BCUT2D eigenvalue weighted by molar-refractivity contribution is 6.00. The first kappa shape index (κ1) is 31.9. The fourth-order valence-electron chi connectivity index (χ4n) is 3.71. The van der Waals surface area contributed by atoms with Gasteiger partial charge >= 0.3 is 24.1 Å². The van der Waals surface area contributed by atoms with E-state index in [-0.39, 0.29) is 53.6 Å². The van der Waals surface area contributed by atoms with Gasteiger partial charge in [-0.15, -0.1) is 0 Å². The first-order valence-electron chi connectivity index (χ1n) is 12.2. The molecule has 1 aliphatic rings. The molecule has 40 heavy (non-hydrogen) atoms. The molecule has 0 radical (unpaired) electrons. The lowest BCUT2D eigenvalue weighted by atomic mass is 9.97. The van der Waals surface area contributed by atoms with Gasteiger partial charge in [0.15, 0.2) is 6.29 Å². The predicted octanol–water partition coefficient (Wildman–Crippen LogP) is 5.13. The summed E-state index contributed by atoms with van der Waals surface area (Å²) in [6.07, 6.45) is -5.82. The lowest BCUT2D eigenvalue weighted by Gasteiger charge is -2.29. The Morgan fingerprint density at radius 3 is 1.90 bits per heavy atom. The zero-order valence-electron chi connectivity index (χ0n) is 22.5. The van der Waals surface area contributed by atoms with Crippen LogP contribution in [0, 0.1) is 13.8 Å². The van der Waals surface area contributed by atoms with Gasteiger partial charge in [0.25, 0.3) is 0 Å². The van der Waals surface area contributed by atoms with Crippen molar-refractivity contribution >= 4 is 30.3 Å². The van der Waals surface area contributed by atoms with E-state index in [4.69, 9.17) is 14.2 Å². The first-order valence-corrected chi connectivity index (χ1v) is 12.2. The number of carbonyl (C=O) groups excluding carboxylic acids is 4. The molecule has 2 aromatic rings. The number of benzene rings is 2. The number of ether oxygens (including phenoxy) is 4. The Kier molecular flexibility index (Phi) is 10.9. The zero-order valence-corrected chi connectivity index (χ0v) is 22.5. The van der Waals surface area contributed by atoms with Crippen molar-refractivity contribution in [3.63, 3.8) is 0 Å². The van der Waals surface area contributed by atoms with E-state index in [0.717, 1.165) is 11.6 Å². The number of alkyl halides is 3. The maximum Gasteiger partial charge on any atom is 0.430 e. The quantitative estimate of drug-likeness (QED) is 0.276. The number of aromatic hydroxyl groups is 1. The Balaban J connectivity index is 0.000000319. The Morgan fingerprint density at radius 1 is 0.875 bits per heavy atom. The molecule has 12 heteroatoms. The van der Waals surface area contributed by atoms with E-state index in [0.29, 0.717) is 11.8 Å². The van der Waals surface area contributed by atoms with Crippen molar-refractivity contribution in [1.29, 1.82) is 0 Å². The summed E-state index contributed by atoms with van der Waals surface area (Å²) < 4.78 is 59.4. The monoisotopic (exact) mass is 566 g/mol. The van der Waals surface area contributed by atoms with Crippen LogP contribution < -0.4 is 4.74 Å². The molecule has 0 saturated carbocycles. The van der Waals surface area contributed by atoms with Crippen LogP contribution in [-0.2, 0) is 19.0 Å². The van der Waals surface area contributed by atoms with E-state index in [2.05, 4.69) is 4.74 Å². The van der Waals surface area contributed by atoms with Crippen molar-refractivity contribution in [3.8, 4) is 11.5 Å². The zero-order chi connectivity index (χ0) is 30.2. The summed E-state index contributed by atoms with van der Waals surface area (Å²) in [5.41, 5.74) is 0.851. The number of halogens is 3. The van der Waals surface area contributed by atoms with E-state index >= 15 is 0 Å². The highest BCUT2D eigenvalue weighted by Crippen LogP contribution is 2.40. The molecular weight excluding hydrogens is 537 g/mol. The third kappa shape index (κ3) is 7.61. The normalized spacial score (nSPS) is 13.9. The third-order valence-corrected chi connectivity index (χ3v) is 5.30. The minimum absolute atomic E-state index is 0.0268. The van der Waals surface area contributed by atoms with Crippen molar-refractivity contribution in [2.45, 2.75) is 46.9 Å². The maximum absolute atomic E-state index is 13.4. The van der Waals surface area contributed by atoms with Gasteiger partial charge in [-0.05, 0) is 76.1 Å². The van der Waals surface area contributed by atoms with Gasteiger partial charge in [0.2, 0.25) is 6.10 Å². The van der Waals surface area contributed by atoms with E-state index in [1.165, 1.54) is 31.2 Å². The van der Waals surface area contributed by atoms with Gasteiger partial charge in [0, 0.05) is 5.56 Å². The fourth-order valence-corrected chi connectivity index (χ4v) is 3.71. The van der Waals surface area contributed by atoms with Crippen LogP contribution in [0.1, 0.15) is 68.5 Å². The summed E-state index contributed by atoms with van der Waals surface area (Å²) in [4.78, 5) is 45.9. The third-order valence-electron chi connectivity index (χ3n) is 5.30. The summed E-state index contributed by atoms with van der Waals surface area (Å²) in [6, 6.07) is 5.89. The molecule has 9 nitrogen and oxygen atoms in total. The number of hydrogen-bond acceptors (Lipinski definition) is 9. The molecule has 0 amide bonds. The van der Waals surface area contributed by atoms with Gasteiger partial charge in [0.1, 0.15) is 22.6 Å². The van der Waals surface area contributed by atoms with Crippen molar-refractivity contribution in [1.82, 2.24) is 0 Å². The van der Waals surface area contributed by atoms with Crippen LogP contribution in [0.4, 0.5) is 13.2 Å². The van der Waals surface area contributed by atoms with Crippen LogP contribution in [-0.4, -0.2) is 61.4 Å². The molecule has 0 spiro atoms. The molecule has 1 N–H and O–H groups in total. The van der Waals surface area contributed by atoms with Crippen LogP contribution in [0.3, 0.4) is 0 Å². The van der Waals surface area contributed by atoms with E-state index in [1.807, 2.05) is 0 Å². The number of carbonyl (C=O) groups is 4. The Hall–Kier alpha value is -4.35. The van der Waals surface area contributed by atoms with Gasteiger partial charge < -0.3 is 24.1 Å². The molecule has 2 aromatic carbocycles. The Labute approximate surface area is 228 Å². The minimum Gasteiger partial charge on any atom is -0.506 e.